The number of benzene rings is 1. The first-order chi connectivity index (χ1) is 11.7. The first-order valence-corrected chi connectivity index (χ1v) is 8.18. The summed E-state index contributed by atoms with van der Waals surface area (Å²) < 4.78 is 11.8. The van der Waals surface area contributed by atoms with Gasteiger partial charge in [0.05, 0.1) is 7.11 Å². The Labute approximate surface area is 142 Å². The molecule has 0 bridgehead atoms. The number of para-hydroxylation sites is 2. The third-order valence-electron chi connectivity index (χ3n) is 4.12. The first kappa shape index (κ1) is 16.5. The summed E-state index contributed by atoms with van der Waals surface area (Å²) in [4.78, 5) is 6.65. The van der Waals surface area contributed by atoms with Crippen LogP contribution in [-0.4, -0.2) is 49.0 Å². The Kier molecular flexibility index (Phi) is 5.17. The normalized spacial score (nSPS) is 17.8. The number of hydrogen-bond donors (Lipinski definition) is 2. The lowest BCUT2D eigenvalue weighted by Crippen LogP contribution is -2.61. The van der Waals surface area contributed by atoms with Crippen LogP contribution in [0.2, 0.25) is 0 Å². The van der Waals surface area contributed by atoms with Crippen LogP contribution in [0.4, 0.5) is 5.82 Å². The van der Waals surface area contributed by atoms with E-state index in [1.165, 1.54) is 0 Å². The second-order valence-electron chi connectivity index (χ2n) is 5.81. The van der Waals surface area contributed by atoms with E-state index in [1.54, 1.807) is 13.3 Å². The monoisotopic (exact) mass is 328 g/mol. The minimum absolute atomic E-state index is 0.699. The number of ether oxygens (including phenoxy) is 2. The fourth-order valence-electron chi connectivity index (χ4n) is 2.85. The minimum Gasteiger partial charge on any atom is -0.493 e. The van der Waals surface area contributed by atoms with Crippen molar-refractivity contribution in [2.45, 2.75) is 12.8 Å². The fraction of sp³-hybridized carbons (Fsp3) is 0.389. The number of hydrogen-bond acceptors (Lipinski definition) is 6. The van der Waals surface area contributed by atoms with Crippen LogP contribution < -0.4 is 20.1 Å². The van der Waals surface area contributed by atoms with Crippen LogP contribution in [0.5, 0.6) is 11.5 Å². The number of methoxy groups -OCH3 is 1. The Morgan fingerprint density at radius 3 is 2.46 bits per heavy atom. The number of nitrogens with one attached hydrogen (secondary N) is 2. The molecule has 0 unspecified atom stereocenters. The number of piperazine rings is 1. The molecule has 2 aromatic rings. The zero-order valence-corrected chi connectivity index (χ0v) is 14.2. The summed E-state index contributed by atoms with van der Waals surface area (Å²) in [6.07, 6.45) is 1.77. The molecule has 1 aliphatic heterocycles. The third kappa shape index (κ3) is 3.77. The average Bonchev–Trinajstić information content (AvgIpc) is 2.64. The third-order valence-corrected chi connectivity index (χ3v) is 4.12. The molecule has 1 aromatic heterocycles. The zero-order valence-electron chi connectivity index (χ0n) is 14.2. The second kappa shape index (κ2) is 7.51. The zero-order chi connectivity index (χ0) is 16.8. The van der Waals surface area contributed by atoms with Gasteiger partial charge < -0.3 is 20.1 Å². The highest BCUT2D eigenvalue weighted by molar-refractivity contribution is 5.41. The van der Waals surface area contributed by atoms with Crippen molar-refractivity contribution in [2.75, 3.05) is 38.6 Å². The molecular weight excluding hydrogens is 304 g/mol. The van der Waals surface area contributed by atoms with Gasteiger partial charge in [0.15, 0.2) is 11.5 Å². The summed E-state index contributed by atoms with van der Waals surface area (Å²) in [7, 11) is 1.65. The highest BCUT2D eigenvalue weighted by Crippen LogP contribution is 2.31. The molecule has 128 valence electrons. The van der Waals surface area contributed by atoms with E-state index < -0.39 is 5.85 Å². The topological polar surface area (TPSA) is 58.7 Å². The number of aromatic nitrogens is 1. The van der Waals surface area contributed by atoms with Crippen molar-refractivity contribution in [1.29, 1.82) is 0 Å². The van der Waals surface area contributed by atoms with Gasteiger partial charge in [0, 0.05) is 39.3 Å². The molecule has 6 heteroatoms. The average molecular weight is 328 g/mol. The summed E-state index contributed by atoms with van der Waals surface area (Å²) >= 11 is 0. The molecule has 1 atom stereocenters. The molecule has 1 saturated heterocycles. The minimum atomic E-state index is -0.731. The summed E-state index contributed by atoms with van der Waals surface area (Å²) in [6.45, 7) is 5.64. The molecule has 3 rings (SSSR count). The summed E-state index contributed by atoms with van der Waals surface area (Å²) in [5.41, 5.74) is 0. The highest BCUT2D eigenvalue weighted by atomic mass is 16.6. The van der Waals surface area contributed by atoms with E-state index in [-0.39, 0.29) is 0 Å². The van der Waals surface area contributed by atoms with E-state index in [1.807, 2.05) is 49.4 Å². The van der Waals surface area contributed by atoms with Gasteiger partial charge in [0.2, 0.25) is 5.85 Å². The predicted molar refractivity (Wildman–Crippen MR) is 94.3 cm³/mol. The molecule has 2 heterocycles. The van der Waals surface area contributed by atoms with Crippen LogP contribution in [0, 0.1) is 0 Å². The number of pyridine rings is 1. The van der Waals surface area contributed by atoms with Crippen LogP contribution >= 0.6 is 0 Å². The maximum Gasteiger partial charge on any atom is 0.239 e. The molecule has 0 spiro atoms. The van der Waals surface area contributed by atoms with Crippen molar-refractivity contribution in [3.05, 3.63) is 48.7 Å². The van der Waals surface area contributed by atoms with Crippen molar-refractivity contribution < 1.29 is 9.47 Å². The smallest absolute Gasteiger partial charge is 0.239 e. The van der Waals surface area contributed by atoms with Crippen molar-refractivity contribution >= 4 is 5.82 Å². The molecule has 1 aliphatic rings. The number of rotatable bonds is 6. The Morgan fingerprint density at radius 2 is 1.79 bits per heavy atom. The van der Waals surface area contributed by atoms with E-state index in [9.17, 15) is 0 Å². The van der Waals surface area contributed by atoms with E-state index in [2.05, 4.69) is 20.5 Å². The molecule has 6 nitrogen and oxygen atoms in total. The Balaban J connectivity index is 1.88. The van der Waals surface area contributed by atoms with Crippen molar-refractivity contribution in [3.8, 4) is 11.5 Å². The van der Waals surface area contributed by atoms with Crippen LogP contribution in [0.3, 0.4) is 0 Å². The Hall–Kier alpha value is -2.31. The van der Waals surface area contributed by atoms with Crippen LogP contribution in [0.15, 0.2) is 48.7 Å². The molecule has 0 aliphatic carbocycles. The molecular formula is C18H24N4O2. The predicted octanol–water partition coefficient (Wildman–Crippen LogP) is 2.16. The molecule has 0 saturated carbocycles. The fourth-order valence-corrected chi connectivity index (χ4v) is 2.85. The van der Waals surface area contributed by atoms with Crippen molar-refractivity contribution in [3.63, 3.8) is 0 Å². The van der Waals surface area contributed by atoms with Crippen LogP contribution in [0.25, 0.3) is 0 Å². The lowest BCUT2D eigenvalue weighted by molar-refractivity contribution is -0.0546. The highest BCUT2D eigenvalue weighted by Gasteiger charge is 2.36. The van der Waals surface area contributed by atoms with Gasteiger partial charge in [-0.2, -0.15) is 0 Å². The van der Waals surface area contributed by atoms with Crippen molar-refractivity contribution in [2.24, 2.45) is 0 Å². The van der Waals surface area contributed by atoms with Gasteiger partial charge in [-0.3, -0.25) is 0 Å². The first-order valence-electron chi connectivity index (χ1n) is 8.18. The number of nitrogens with zero attached hydrogens (tertiary/aromatic N) is 2. The van der Waals surface area contributed by atoms with Gasteiger partial charge in [0.25, 0.3) is 0 Å². The molecule has 24 heavy (non-hydrogen) atoms. The molecule has 2 N–H and O–H groups in total. The van der Waals surface area contributed by atoms with Gasteiger partial charge in [-0.05, 0) is 24.3 Å². The Morgan fingerprint density at radius 1 is 1.08 bits per heavy atom. The van der Waals surface area contributed by atoms with Gasteiger partial charge >= 0.3 is 0 Å². The standard InChI is InChI=1S/C18H24N4O2/c1-18(22-13-11-19-12-14-22,21-17-9-5-6-10-20-17)24-16-8-4-3-7-15(16)23-2/h3-10,19H,11-14H2,1-2H3,(H,20,21)/t18-/m1/s1. The van der Waals surface area contributed by atoms with Gasteiger partial charge in [0.1, 0.15) is 5.82 Å². The van der Waals surface area contributed by atoms with Gasteiger partial charge in [-0.25, -0.2) is 9.88 Å². The van der Waals surface area contributed by atoms with E-state index in [0.29, 0.717) is 11.5 Å². The molecule has 0 amide bonds. The van der Waals surface area contributed by atoms with E-state index >= 15 is 0 Å². The van der Waals surface area contributed by atoms with Gasteiger partial charge in [-0.15, -0.1) is 0 Å². The van der Waals surface area contributed by atoms with Gasteiger partial charge in [-0.1, -0.05) is 18.2 Å². The van der Waals surface area contributed by atoms with Crippen LogP contribution in [0.1, 0.15) is 6.92 Å². The lowest BCUT2D eigenvalue weighted by atomic mass is 10.2. The molecule has 1 aromatic carbocycles. The van der Waals surface area contributed by atoms with E-state index in [0.717, 1.165) is 32.0 Å². The van der Waals surface area contributed by atoms with E-state index in [4.69, 9.17) is 9.47 Å². The second-order valence-corrected chi connectivity index (χ2v) is 5.81. The lowest BCUT2D eigenvalue weighted by Gasteiger charge is -2.43. The van der Waals surface area contributed by atoms with Crippen molar-refractivity contribution in [1.82, 2.24) is 15.2 Å². The summed E-state index contributed by atoms with van der Waals surface area (Å²) in [5.74, 6) is 1.45. The summed E-state index contributed by atoms with van der Waals surface area (Å²) in [6, 6.07) is 13.5. The number of anilines is 1. The molecule has 1 fully saturated rings. The SMILES string of the molecule is COc1ccccc1O[C@](C)(Nc1ccccn1)N1CCNCC1. The molecule has 0 radical (unpaired) electrons. The summed E-state index contributed by atoms with van der Waals surface area (Å²) in [5, 5.41) is 6.81. The van der Waals surface area contributed by atoms with Crippen LogP contribution in [-0.2, 0) is 0 Å². The maximum absolute atomic E-state index is 6.39. The quantitative estimate of drug-likeness (QED) is 0.793. The Bertz CT molecular complexity index is 646. The largest absolute Gasteiger partial charge is 0.493 e. The maximum atomic E-state index is 6.39.